The van der Waals surface area contributed by atoms with Crippen molar-refractivity contribution >= 4 is 17.7 Å². The standard InChI is InChI=1S/C16H22FN3O3/c1-2-23-16(22)20-8-4-7-19(9-10-20)12-15(21)18-14-6-3-5-13(17)11-14/h3,5-6,11H,2,4,7-10,12H2,1H3,(H,18,21). The highest BCUT2D eigenvalue weighted by atomic mass is 19.1. The lowest BCUT2D eigenvalue weighted by Crippen LogP contribution is -2.38. The molecule has 23 heavy (non-hydrogen) atoms. The minimum atomic E-state index is -0.386. The zero-order valence-corrected chi connectivity index (χ0v) is 13.3. The summed E-state index contributed by atoms with van der Waals surface area (Å²) in [6.45, 7) is 4.84. The Labute approximate surface area is 135 Å². The van der Waals surface area contributed by atoms with Gasteiger partial charge >= 0.3 is 6.09 Å². The molecule has 1 N–H and O–H groups in total. The molecule has 0 radical (unpaired) electrons. The fraction of sp³-hybridized carbons (Fsp3) is 0.500. The first-order valence-corrected chi connectivity index (χ1v) is 7.78. The van der Waals surface area contributed by atoms with Crippen LogP contribution in [0.1, 0.15) is 13.3 Å². The molecule has 1 aromatic rings. The number of ether oxygens (including phenoxy) is 1. The number of carbonyl (C=O) groups is 2. The lowest BCUT2D eigenvalue weighted by Gasteiger charge is -2.21. The zero-order valence-electron chi connectivity index (χ0n) is 13.3. The van der Waals surface area contributed by atoms with Crippen molar-refractivity contribution in [2.75, 3.05) is 44.6 Å². The van der Waals surface area contributed by atoms with E-state index < -0.39 is 0 Å². The normalized spacial score (nSPS) is 15.8. The number of nitrogens with one attached hydrogen (secondary N) is 1. The third-order valence-corrected chi connectivity index (χ3v) is 3.59. The highest BCUT2D eigenvalue weighted by Gasteiger charge is 2.21. The number of amides is 2. The van der Waals surface area contributed by atoms with Gasteiger partial charge in [0, 0.05) is 31.9 Å². The molecule has 7 heteroatoms. The van der Waals surface area contributed by atoms with Gasteiger partial charge in [0.15, 0.2) is 0 Å². The predicted molar refractivity (Wildman–Crippen MR) is 84.7 cm³/mol. The van der Waals surface area contributed by atoms with Crippen molar-refractivity contribution in [1.82, 2.24) is 9.80 Å². The average molecular weight is 323 g/mol. The van der Waals surface area contributed by atoms with Crippen molar-refractivity contribution in [3.63, 3.8) is 0 Å². The molecule has 1 aliphatic rings. The molecule has 0 aliphatic carbocycles. The summed E-state index contributed by atoms with van der Waals surface area (Å²) in [6, 6.07) is 5.80. The van der Waals surface area contributed by atoms with E-state index in [1.165, 1.54) is 12.1 Å². The maximum Gasteiger partial charge on any atom is 0.409 e. The second-order valence-corrected chi connectivity index (χ2v) is 5.37. The SMILES string of the molecule is CCOC(=O)N1CCCN(CC(=O)Nc2cccc(F)c2)CC1. The van der Waals surface area contributed by atoms with Crippen LogP contribution in [0.4, 0.5) is 14.9 Å². The first-order valence-electron chi connectivity index (χ1n) is 7.78. The quantitative estimate of drug-likeness (QED) is 0.920. The molecule has 1 aliphatic heterocycles. The number of hydrogen-bond acceptors (Lipinski definition) is 4. The summed E-state index contributed by atoms with van der Waals surface area (Å²) in [5.74, 6) is -0.581. The van der Waals surface area contributed by atoms with E-state index in [0.29, 0.717) is 31.9 Å². The summed E-state index contributed by atoms with van der Waals surface area (Å²) in [6.07, 6.45) is 0.477. The van der Waals surface area contributed by atoms with E-state index in [1.54, 1.807) is 24.0 Å². The number of hydrogen-bond donors (Lipinski definition) is 1. The van der Waals surface area contributed by atoms with Crippen molar-refractivity contribution in [1.29, 1.82) is 0 Å². The van der Waals surface area contributed by atoms with E-state index in [-0.39, 0.29) is 24.4 Å². The summed E-state index contributed by atoms with van der Waals surface area (Å²) < 4.78 is 18.1. The Morgan fingerprint density at radius 1 is 1.26 bits per heavy atom. The topological polar surface area (TPSA) is 61.9 Å². The van der Waals surface area contributed by atoms with Gasteiger partial charge in [0.2, 0.25) is 5.91 Å². The Bertz CT molecular complexity index is 553. The van der Waals surface area contributed by atoms with Gasteiger partial charge in [0.25, 0.3) is 0 Å². The van der Waals surface area contributed by atoms with E-state index in [2.05, 4.69) is 5.32 Å². The van der Waals surface area contributed by atoms with Crippen LogP contribution in [0.25, 0.3) is 0 Å². The summed E-state index contributed by atoms with van der Waals surface area (Å²) in [7, 11) is 0. The van der Waals surface area contributed by atoms with Gasteiger partial charge in [0.1, 0.15) is 5.82 Å². The second kappa shape index (κ2) is 8.47. The molecule has 0 bridgehead atoms. The molecule has 6 nitrogen and oxygen atoms in total. The number of nitrogens with zero attached hydrogens (tertiary/aromatic N) is 2. The zero-order chi connectivity index (χ0) is 16.7. The van der Waals surface area contributed by atoms with Crippen LogP contribution < -0.4 is 5.32 Å². The van der Waals surface area contributed by atoms with Crippen LogP contribution in [0, 0.1) is 5.82 Å². The van der Waals surface area contributed by atoms with E-state index in [9.17, 15) is 14.0 Å². The third kappa shape index (κ3) is 5.52. The molecule has 1 aromatic carbocycles. The van der Waals surface area contributed by atoms with Crippen LogP contribution in [0.2, 0.25) is 0 Å². The summed E-state index contributed by atoms with van der Waals surface area (Å²) in [5, 5.41) is 2.68. The second-order valence-electron chi connectivity index (χ2n) is 5.37. The number of halogens is 1. The molecule has 2 rings (SSSR count). The molecule has 0 unspecified atom stereocenters. The summed E-state index contributed by atoms with van der Waals surface area (Å²) >= 11 is 0. The molecule has 0 atom stereocenters. The first-order chi connectivity index (χ1) is 11.1. The van der Waals surface area contributed by atoms with Crippen molar-refractivity contribution in [2.45, 2.75) is 13.3 Å². The largest absolute Gasteiger partial charge is 0.450 e. The van der Waals surface area contributed by atoms with Gasteiger partial charge in [-0.1, -0.05) is 6.07 Å². The van der Waals surface area contributed by atoms with E-state index in [4.69, 9.17) is 4.74 Å². The highest BCUT2D eigenvalue weighted by Crippen LogP contribution is 2.10. The molecule has 0 aromatic heterocycles. The molecule has 0 spiro atoms. The fourth-order valence-corrected chi connectivity index (χ4v) is 2.50. The Morgan fingerprint density at radius 2 is 2.09 bits per heavy atom. The lowest BCUT2D eigenvalue weighted by molar-refractivity contribution is -0.117. The third-order valence-electron chi connectivity index (χ3n) is 3.59. The van der Waals surface area contributed by atoms with Gasteiger partial charge in [0.05, 0.1) is 13.2 Å². The Balaban J connectivity index is 1.81. The number of carbonyl (C=O) groups excluding carboxylic acids is 2. The van der Waals surface area contributed by atoms with Crippen molar-refractivity contribution in [2.24, 2.45) is 0 Å². The fourth-order valence-electron chi connectivity index (χ4n) is 2.50. The summed E-state index contributed by atoms with van der Waals surface area (Å²) in [5.41, 5.74) is 0.443. The molecular formula is C16H22FN3O3. The van der Waals surface area contributed by atoms with Crippen LogP contribution in [0.5, 0.6) is 0 Å². The van der Waals surface area contributed by atoms with Crippen molar-refractivity contribution < 1.29 is 18.7 Å². The van der Waals surface area contributed by atoms with E-state index >= 15 is 0 Å². The smallest absolute Gasteiger partial charge is 0.409 e. The predicted octanol–water partition coefficient (Wildman–Crippen LogP) is 1.93. The Morgan fingerprint density at radius 3 is 2.83 bits per heavy atom. The maximum absolute atomic E-state index is 13.1. The van der Waals surface area contributed by atoms with Crippen LogP contribution in [-0.4, -0.2) is 61.1 Å². The maximum atomic E-state index is 13.1. The highest BCUT2D eigenvalue weighted by molar-refractivity contribution is 5.92. The lowest BCUT2D eigenvalue weighted by atomic mass is 10.3. The molecule has 0 saturated carbocycles. The number of anilines is 1. The van der Waals surface area contributed by atoms with E-state index in [1.807, 2.05) is 4.90 Å². The van der Waals surface area contributed by atoms with Crippen LogP contribution in [0.3, 0.4) is 0 Å². The van der Waals surface area contributed by atoms with Crippen molar-refractivity contribution in [3.8, 4) is 0 Å². The van der Waals surface area contributed by atoms with E-state index in [0.717, 1.165) is 13.0 Å². The minimum Gasteiger partial charge on any atom is -0.450 e. The number of benzene rings is 1. The molecule has 2 amide bonds. The van der Waals surface area contributed by atoms with Gasteiger partial charge in [-0.2, -0.15) is 0 Å². The Hall–Kier alpha value is -2.15. The Kier molecular flexibility index (Phi) is 6.34. The van der Waals surface area contributed by atoms with Crippen LogP contribution >= 0.6 is 0 Å². The van der Waals surface area contributed by atoms with Gasteiger partial charge in [-0.3, -0.25) is 9.69 Å². The first kappa shape index (κ1) is 17.2. The van der Waals surface area contributed by atoms with Gasteiger partial charge in [-0.15, -0.1) is 0 Å². The molecular weight excluding hydrogens is 301 g/mol. The van der Waals surface area contributed by atoms with Crippen molar-refractivity contribution in [3.05, 3.63) is 30.1 Å². The van der Waals surface area contributed by atoms with Crippen LogP contribution in [-0.2, 0) is 9.53 Å². The van der Waals surface area contributed by atoms with Crippen LogP contribution in [0.15, 0.2) is 24.3 Å². The molecule has 1 fully saturated rings. The monoisotopic (exact) mass is 323 g/mol. The van der Waals surface area contributed by atoms with Gasteiger partial charge in [-0.25, -0.2) is 9.18 Å². The summed E-state index contributed by atoms with van der Waals surface area (Å²) in [4.78, 5) is 27.4. The molecule has 1 saturated heterocycles. The molecule has 1 heterocycles. The average Bonchev–Trinajstić information content (AvgIpc) is 2.73. The van der Waals surface area contributed by atoms with Gasteiger partial charge in [-0.05, 0) is 31.5 Å². The molecule has 126 valence electrons. The number of rotatable bonds is 4. The minimum absolute atomic E-state index is 0.194. The van der Waals surface area contributed by atoms with Gasteiger partial charge < -0.3 is 15.0 Å².